The Balaban J connectivity index is 1.39. The zero-order valence-corrected chi connectivity index (χ0v) is 35.8. The Hall–Kier alpha value is -4.05. The van der Waals surface area contributed by atoms with Crippen LogP contribution in [0.3, 0.4) is 0 Å². The highest BCUT2D eigenvalue weighted by Crippen LogP contribution is 2.42. The average molecular weight is 771 g/mol. The molecule has 11 nitrogen and oxygen atoms in total. The van der Waals surface area contributed by atoms with E-state index in [1.54, 1.807) is 13.3 Å². The molecular formula is C41H58N6O5Si2. The number of methoxy groups -OCH3 is 1. The van der Waals surface area contributed by atoms with Gasteiger partial charge in [-0.15, -0.1) is 0 Å². The van der Waals surface area contributed by atoms with Crippen molar-refractivity contribution in [1.82, 2.24) is 24.3 Å². The molecule has 0 spiro atoms. The lowest BCUT2D eigenvalue weighted by atomic mass is 9.93. The zero-order chi connectivity index (χ0) is 38.8. The Morgan fingerprint density at radius 3 is 2.41 bits per heavy atom. The first-order valence-electron chi connectivity index (χ1n) is 19.3. The molecule has 1 saturated carbocycles. The van der Waals surface area contributed by atoms with E-state index in [-0.39, 0.29) is 23.2 Å². The maximum absolute atomic E-state index is 12.8. The molecule has 6 rings (SSSR count). The first kappa shape index (κ1) is 39.6. The van der Waals surface area contributed by atoms with Crippen LogP contribution in [0.4, 0.5) is 11.8 Å². The summed E-state index contributed by atoms with van der Waals surface area (Å²) >= 11 is 0. The number of fused-ring (bicyclic) bond motifs is 2. The Bertz CT molecular complexity index is 2090. The molecule has 54 heavy (non-hydrogen) atoms. The summed E-state index contributed by atoms with van der Waals surface area (Å²) in [5, 5.41) is 9.85. The minimum Gasteiger partial charge on any atom is -0.496 e. The predicted molar refractivity (Wildman–Crippen MR) is 222 cm³/mol. The second-order valence-electron chi connectivity index (χ2n) is 17.2. The van der Waals surface area contributed by atoms with E-state index in [9.17, 15) is 4.79 Å². The highest BCUT2D eigenvalue weighted by atomic mass is 28.4. The van der Waals surface area contributed by atoms with E-state index in [4.69, 9.17) is 28.7 Å². The van der Waals surface area contributed by atoms with Gasteiger partial charge < -0.3 is 28.5 Å². The predicted octanol–water partition coefficient (Wildman–Crippen LogP) is 10.2. The van der Waals surface area contributed by atoms with E-state index in [0.29, 0.717) is 37.3 Å². The maximum Gasteiger partial charge on any atom is 0.338 e. The lowest BCUT2D eigenvalue weighted by Gasteiger charge is -2.41. The fourth-order valence-electron chi connectivity index (χ4n) is 6.86. The number of pyridine rings is 1. The summed E-state index contributed by atoms with van der Waals surface area (Å²) in [4.78, 5) is 22.3. The Morgan fingerprint density at radius 1 is 0.981 bits per heavy atom. The molecule has 3 heterocycles. The number of hydrogen-bond donors (Lipinski definition) is 1. The molecule has 290 valence electrons. The molecule has 0 unspecified atom stereocenters. The lowest BCUT2D eigenvalue weighted by molar-refractivity contribution is 0.0526. The second kappa shape index (κ2) is 16.0. The molecule has 1 N–H and O–H groups in total. The summed E-state index contributed by atoms with van der Waals surface area (Å²) in [5.74, 6) is 1.73. The molecule has 1 aliphatic carbocycles. The maximum atomic E-state index is 12.8. The van der Waals surface area contributed by atoms with Crippen LogP contribution in [0.5, 0.6) is 5.75 Å². The van der Waals surface area contributed by atoms with Crippen molar-refractivity contribution in [2.75, 3.05) is 25.6 Å². The Labute approximate surface area is 321 Å². The van der Waals surface area contributed by atoms with E-state index in [2.05, 4.69) is 86.6 Å². The van der Waals surface area contributed by atoms with Crippen molar-refractivity contribution in [1.29, 1.82) is 0 Å². The van der Waals surface area contributed by atoms with Crippen LogP contribution in [0, 0.1) is 0 Å². The molecular weight excluding hydrogens is 713 g/mol. The van der Waals surface area contributed by atoms with E-state index in [0.717, 1.165) is 70.5 Å². The average Bonchev–Trinajstić information content (AvgIpc) is 3.66. The number of nitrogens with one attached hydrogen (secondary N) is 1. The molecule has 0 atom stereocenters. The molecule has 3 aromatic heterocycles. The first-order valence-corrected chi connectivity index (χ1v) is 25.9. The van der Waals surface area contributed by atoms with Crippen molar-refractivity contribution in [3.05, 3.63) is 60.4 Å². The number of imidazole rings is 1. The third-order valence-electron chi connectivity index (χ3n) is 11.0. The van der Waals surface area contributed by atoms with Crippen LogP contribution < -0.4 is 10.1 Å². The number of rotatable bonds is 14. The van der Waals surface area contributed by atoms with Gasteiger partial charge in [-0.05, 0) is 98.7 Å². The highest BCUT2D eigenvalue weighted by Gasteiger charge is 2.40. The van der Waals surface area contributed by atoms with Crippen LogP contribution in [0.1, 0.15) is 69.8 Å². The largest absolute Gasteiger partial charge is 0.496 e. The smallest absolute Gasteiger partial charge is 0.338 e. The van der Waals surface area contributed by atoms with Crippen molar-refractivity contribution < 1.29 is 23.4 Å². The lowest BCUT2D eigenvalue weighted by Crippen LogP contribution is -2.44. The quantitative estimate of drug-likeness (QED) is 0.0669. The van der Waals surface area contributed by atoms with Gasteiger partial charge in [0, 0.05) is 50.2 Å². The van der Waals surface area contributed by atoms with Crippen molar-refractivity contribution in [3.8, 4) is 16.9 Å². The molecule has 13 heteroatoms. The standard InChI is InChI=1S/C41H58N6O5Si2/c1-11-51-39(48)29-13-19-36-34(25-29)43-40(47(36)30-14-16-31(17-15-30)52-54(9,10)41(2,3)4)44-38-32-24-28(33-26-42-21-20-37(33)49-5)12-18-35(32)46(45-38)27-50-22-23-53(6,7)8/h12-13,18-21,24-26,30-31H,11,14-17,22-23,27H2,1-10H3,(H,43,44,45). The van der Waals surface area contributed by atoms with Gasteiger partial charge in [0.2, 0.25) is 5.95 Å². The van der Waals surface area contributed by atoms with Gasteiger partial charge in [-0.25, -0.2) is 14.5 Å². The van der Waals surface area contributed by atoms with Crippen molar-refractivity contribution in [2.24, 2.45) is 0 Å². The minimum absolute atomic E-state index is 0.158. The van der Waals surface area contributed by atoms with Crippen LogP contribution in [0.25, 0.3) is 33.1 Å². The molecule has 1 fully saturated rings. The number of benzene rings is 2. The fourth-order valence-corrected chi connectivity index (χ4v) is 9.04. The van der Waals surface area contributed by atoms with E-state index in [1.807, 2.05) is 42.1 Å². The topological polar surface area (TPSA) is 115 Å². The molecule has 0 aliphatic heterocycles. The molecule has 5 aromatic rings. The van der Waals surface area contributed by atoms with Gasteiger partial charge in [0.1, 0.15) is 12.5 Å². The third kappa shape index (κ3) is 8.74. The minimum atomic E-state index is -1.90. The number of aromatic nitrogens is 5. The van der Waals surface area contributed by atoms with E-state index in [1.165, 1.54) is 0 Å². The van der Waals surface area contributed by atoms with Gasteiger partial charge in [0.15, 0.2) is 14.1 Å². The highest BCUT2D eigenvalue weighted by molar-refractivity contribution is 6.76. The van der Waals surface area contributed by atoms with Crippen LogP contribution in [-0.2, 0) is 20.6 Å². The summed E-state index contributed by atoms with van der Waals surface area (Å²) in [6.07, 6.45) is 7.64. The summed E-state index contributed by atoms with van der Waals surface area (Å²) in [7, 11) is -1.49. The number of ether oxygens (including phenoxy) is 3. The van der Waals surface area contributed by atoms with E-state index < -0.39 is 16.4 Å². The molecule has 2 aromatic carbocycles. The normalized spacial score (nSPS) is 16.9. The fraction of sp³-hybridized carbons (Fsp3) is 0.512. The van der Waals surface area contributed by atoms with Gasteiger partial charge in [0.25, 0.3) is 0 Å². The van der Waals surface area contributed by atoms with Crippen molar-refractivity contribution in [3.63, 3.8) is 0 Å². The summed E-state index contributed by atoms with van der Waals surface area (Å²) in [6, 6.07) is 15.1. The van der Waals surface area contributed by atoms with Gasteiger partial charge in [-0.2, -0.15) is 5.10 Å². The molecule has 0 radical (unpaired) electrons. The first-order chi connectivity index (χ1) is 25.6. The number of carbonyl (C=O) groups excluding carboxylic acids is 1. The molecule has 1 aliphatic rings. The number of esters is 1. The van der Waals surface area contributed by atoms with Gasteiger partial charge in [-0.3, -0.25) is 4.98 Å². The Morgan fingerprint density at radius 2 is 1.72 bits per heavy atom. The van der Waals surface area contributed by atoms with Gasteiger partial charge >= 0.3 is 5.97 Å². The number of carbonyl (C=O) groups is 1. The number of nitrogens with zero attached hydrogens (tertiary/aromatic N) is 5. The van der Waals surface area contributed by atoms with Crippen LogP contribution >= 0.6 is 0 Å². The molecule has 0 bridgehead atoms. The number of hydrogen-bond acceptors (Lipinski definition) is 9. The van der Waals surface area contributed by atoms with Gasteiger partial charge in [-0.1, -0.05) is 46.5 Å². The second-order valence-corrected chi connectivity index (χ2v) is 27.5. The zero-order valence-electron chi connectivity index (χ0n) is 33.8. The summed E-state index contributed by atoms with van der Waals surface area (Å²) in [6.45, 7) is 21.8. The van der Waals surface area contributed by atoms with Crippen LogP contribution in [-0.4, -0.2) is 73.1 Å². The molecule has 0 amide bonds. The molecule has 0 saturated heterocycles. The van der Waals surface area contributed by atoms with Crippen molar-refractivity contribution in [2.45, 2.75) is 116 Å². The summed E-state index contributed by atoms with van der Waals surface area (Å²) < 4.78 is 28.3. The van der Waals surface area contributed by atoms with E-state index >= 15 is 0 Å². The monoisotopic (exact) mass is 770 g/mol. The third-order valence-corrected chi connectivity index (χ3v) is 17.2. The van der Waals surface area contributed by atoms with Crippen LogP contribution in [0.15, 0.2) is 54.9 Å². The Kier molecular flexibility index (Phi) is 11.7. The number of anilines is 2. The summed E-state index contributed by atoms with van der Waals surface area (Å²) in [5.41, 5.74) is 4.95. The SMILES string of the molecule is CCOC(=O)c1ccc2c(c1)nc(Nc1nn(COCC[Si](C)(C)C)c3ccc(-c4cnccc4OC)cc13)n2C1CCC(O[Si](C)(C)C(C)(C)C)CC1. The van der Waals surface area contributed by atoms with Gasteiger partial charge in [0.05, 0.1) is 35.8 Å². The van der Waals surface area contributed by atoms with Crippen molar-refractivity contribution >= 4 is 56.1 Å². The van der Waals surface area contributed by atoms with Crippen LogP contribution in [0.2, 0.25) is 43.8 Å².